The maximum Gasteiger partial charge on any atom is 0.0218 e. The van der Waals surface area contributed by atoms with Gasteiger partial charge >= 0.3 is 0 Å². The zero-order valence-corrected chi connectivity index (χ0v) is 12.4. The van der Waals surface area contributed by atoms with Crippen LogP contribution in [0.5, 0.6) is 0 Å². The van der Waals surface area contributed by atoms with Gasteiger partial charge in [-0.1, -0.05) is 34.6 Å². The lowest BCUT2D eigenvalue weighted by Gasteiger charge is -2.32. The molecule has 0 aromatic heterocycles. The molecule has 0 bridgehead atoms. The molecule has 2 unspecified atom stereocenters. The van der Waals surface area contributed by atoms with E-state index in [0.29, 0.717) is 6.04 Å². The average Bonchev–Trinajstić information content (AvgIpc) is 2.25. The van der Waals surface area contributed by atoms with Gasteiger partial charge in [0.1, 0.15) is 0 Å². The highest BCUT2D eigenvalue weighted by molar-refractivity contribution is 4.81. The van der Waals surface area contributed by atoms with Gasteiger partial charge in [-0.25, -0.2) is 0 Å². The molecule has 1 aliphatic rings. The van der Waals surface area contributed by atoms with Crippen molar-refractivity contribution in [2.24, 2.45) is 23.7 Å². The Bertz CT molecular complexity index is 193. The van der Waals surface area contributed by atoms with E-state index >= 15 is 0 Å². The van der Waals surface area contributed by atoms with E-state index in [4.69, 9.17) is 0 Å². The van der Waals surface area contributed by atoms with Crippen LogP contribution >= 0.6 is 0 Å². The largest absolute Gasteiger partial charge is 0.315 e. The van der Waals surface area contributed by atoms with Crippen molar-refractivity contribution in [3.8, 4) is 0 Å². The molecule has 2 N–H and O–H groups in total. The van der Waals surface area contributed by atoms with Crippen LogP contribution < -0.4 is 10.6 Å². The van der Waals surface area contributed by atoms with Crippen molar-refractivity contribution in [2.45, 2.75) is 53.5 Å². The molecule has 2 nitrogen and oxygen atoms in total. The van der Waals surface area contributed by atoms with Gasteiger partial charge in [0.2, 0.25) is 0 Å². The van der Waals surface area contributed by atoms with Gasteiger partial charge < -0.3 is 10.6 Å². The molecule has 0 saturated carbocycles. The Labute approximate surface area is 108 Å². The molecule has 2 heteroatoms. The molecule has 17 heavy (non-hydrogen) atoms. The molecule has 1 heterocycles. The highest BCUT2D eigenvalue weighted by atomic mass is 15.0. The number of hydrogen-bond donors (Lipinski definition) is 2. The van der Waals surface area contributed by atoms with Crippen LogP contribution in [0.4, 0.5) is 0 Å². The molecule has 0 aliphatic carbocycles. The van der Waals surface area contributed by atoms with Crippen LogP contribution in [-0.4, -0.2) is 25.7 Å². The first-order valence-electron chi connectivity index (χ1n) is 7.46. The SMILES string of the molecule is CC(C)C(CNCC1NCCCC1C)C(C)C. The van der Waals surface area contributed by atoms with Gasteiger partial charge in [0.25, 0.3) is 0 Å². The second kappa shape index (κ2) is 7.38. The standard InChI is InChI=1S/C15H32N2/c1-11(2)14(12(3)4)9-16-10-15-13(5)7-6-8-17-15/h11-17H,6-10H2,1-5H3. The maximum absolute atomic E-state index is 3.69. The van der Waals surface area contributed by atoms with E-state index < -0.39 is 0 Å². The van der Waals surface area contributed by atoms with E-state index in [9.17, 15) is 0 Å². The van der Waals surface area contributed by atoms with Crippen molar-refractivity contribution < 1.29 is 0 Å². The molecule has 1 aliphatic heterocycles. The first-order chi connectivity index (χ1) is 8.02. The predicted molar refractivity (Wildman–Crippen MR) is 76.2 cm³/mol. The van der Waals surface area contributed by atoms with Gasteiger partial charge in [0.05, 0.1) is 0 Å². The molecule has 1 rings (SSSR count). The number of nitrogens with one attached hydrogen (secondary N) is 2. The van der Waals surface area contributed by atoms with Gasteiger partial charge in [0.15, 0.2) is 0 Å². The van der Waals surface area contributed by atoms with Crippen molar-refractivity contribution in [3.05, 3.63) is 0 Å². The topological polar surface area (TPSA) is 24.1 Å². The Morgan fingerprint density at radius 3 is 2.35 bits per heavy atom. The van der Waals surface area contributed by atoms with Crippen molar-refractivity contribution >= 4 is 0 Å². The zero-order valence-electron chi connectivity index (χ0n) is 12.4. The summed E-state index contributed by atoms with van der Waals surface area (Å²) in [6.07, 6.45) is 2.73. The van der Waals surface area contributed by atoms with Crippen LogP contribution in [-0.2, 0) is 0 Å². The smallest absolute Gasteiger partial charge is 0.0218 e. The van der Waals surface area contributed by atoms with Gasteiger partial charge in [-0.3, -0.25) is 0 Å². The summed E-state index contributed by atoms with van der Waals surface area (Å²) in [5.41, 5.74) is 0. The molecule has 2 atom stereocenters. The van der Waals surface area contributed by atoms with E-state index in [-0.39, 0.29) is 0 Å². The number of piperidine rings is 1. The zero-order chi connectivity index (χ0) is 12.8. The lowest BCUT2D eigenvalue weighted by Crippen LogP contribution is -2.47. The highest BCUT2D eigenvalue weighted by Crippen LogP contribution is 2.20. The van der Waals surface area contributed by atoms with E-state index in [2.05, 4.69) is 45.3 Å². The Kier molecular flexibility index (Phi) is 6.50. The molecule has 0 radical (unpaired) electrons. The van der Waals surface area contributed by atoms with Crippen LogP contribution in [0.15, 0.2) is 0 Å². The van der Waals surface area contributed by atoms with Crippen LogP contribution in [0.2, 0.25) is 0 Å². The third-order valence-corrected chi connectivity index (χ3v) is 4.39. The van der Waals surface area contributed by atoms with E-state index in [1.165, 1.54) is 25.9 Å². The normalized spacial score (nSPS) is 26.1. The molecular formula is C15H32N2. The van der Waals surface area contributed by atoms with E-state index in [0.717, 1.165) is 30.2 Å². The van der Waals surface area contributed by atoms with Crippen LogP contribution in [0.25, 0.3) is 0 Å². The molecule has 0 amide bonds. The van der Waals surface area contributed by atoms with Crippen LogP contribution in [0.1, 0.15) is 47.5 Å². The van der Waals surface area contributed by atoms with E-state index in [1.807, 2.05) is 0 Å². The molecule has 0 aromatic carbocycles. The minimum atomic E-state index is 0.684. The van der Waals surface area contributed by atoms with Gasteiger partial charge in [-0.2, -0.15) is 0 Å². The Morgan fingerprint density at radius 2 is 1.82 bits per heavy atom. The average molecular weight is 240 g/mol. The fourth-order valence-corrected chi connectivity index (χ4v) is 3.03. The summed E-state index contributed by atoms with van der Waals surface area (Å²) < 4.78 is 0. The third kappa shape index (κ3) is 4.97. The van der Waals surface area contributed by atoms with Crippen molar-refractivity contribution in [1.82, 2.24) is 10.6 Å². The van der Waals surface area contributed by atoms with Gasteiger partial charge in [0, 0.05) is 12.6 Å². The first kappa shape index (κ1) is 15.0. The van der Waals surface area contributed by atoms with Crippen LogP contribution in [0.3, 0.4) is 0 Å². The fraction of sp³-hybridized carbons (Fsp3) is 1.00. The summed E-state index contributed by atoms with van der Waals surface area (Å²) in [7, 11) is 0. The summed E-state index contributed by atoms with van der Waals surface area (Å²) in [4.78, 5) is 0. The summed E-state index contributed by atoms with van der Waals surface area (Å²) in [5, 5.41) is 7.32. The summed E-state index contributed by atoms with van der Waals surface area (Å²) in [5.74, 6) is 3.18. The number of hydrogen-bond acceptors (Lipinski definition) is 2. The summed E-state index contributed by atoms with van der Waals surface area (Å²) in [6.45, 7) is 15.2. The summed E-state index contributed by atoms with van der Waals surface area (Å²) >= 11 is 0. The third-order valence-electron chi connectivity index (χ3n) is 4.39. The quantitative estimate of drug-likeness (QED) is 0.746. The molecule has 1 saturated heterocycles. The Hall–Kier alpha value is -0.0800. The molecule has 0 aromatic rings. The predicted octanol–water partition coefficient (Wildman–Crippen LogP) is 2.89. The minimum absolute atomic E-state index is 0.684. The lowest BCUT2D eigenvalue weighted by atomic mass is 9.85. The number of rotatable bonds is 6. The Morgan fingerprint density at radius 1 is 1.18 bits per heavy atom. The first-order valence-corrected chi connectivity index (χ1v) is 7.46. The van der Waals surface area contributed by atoms with Crippen molar-refractivity contribution in [1.29, 1.82) is 0 Å². The maximum atomic E-state index is 3.69. The summed E-state index contributed by atoms with van der Waals surface area (Å²) in [6, 6.07) is 0.684. The van der Waals surface area contributed by atoms with Crippen molar-refractivity contribution in [3.63, 3.8) is 0 Å². The molecule has 1 fully saturated rings. The minimum Gasteiger partial charge on any atom is -0.315 e. The van der Waals surface area contributed by atoms with Crippen LogP contribution in [0, 0.1) is 23.7 Å². The highest BCUT2D eigenvalue weighted by Gasteiger charge is 2.21. The molecule has 102 valence electrons. The molecular weight excluding hydrogens is 208 g/mol. The molecule has 0 spiro atoms. The second-order valence-corrected chi connectivity index (χ2v) is 6.49. The van der Waals surface area contributed by atoms with Gasteiger partial charge in [-0.05, 0) is 49.6 Å². The monoisotopic (exact) mass is 240 g/mol. The lowest BCUT2D eigenvalue weighted by molar-refractivity contribution is 0.250. The van der Waals surface area contributed by atoms with Gasteiger partial charge in [-0.15, -0.1) is 0 Å². The Balaban J connectivity index is 2.25. The van der Waals surface area contributed by atoms with Crippen molar-refractivity contribution in [2.75, 3.05) is 19.6 Å². The second-order valence-electron chi connectivity index (χ2n) is 6.49. The van der Waals surface area contributed by atoms with E-state index in [1.54, 1.807) is 0 Å². The fourth-order valence-electron chi connectivity index (χ4n) is 3.03.